The molecule has 1 saturated heterocycles. The molecule has 0 spiro atoms. The van der Waals surface area contributed by atoms with E-state index >= 15 is 0 Å². The average Bonchev–Trinajstić information content (AvgIpc) is 2.82. The van der Waals surface area contributed by atoms with E-state index in [1.54, 1.807) is 13.8 Å². The van der Waals surface area contributed by atoms with Gasteiger partial charge in [-0.15, -0.1) is 0 Å². The van der Waals surface area contributed by atoms with Gasteiger partial charge in [-0.25, -0.2) is 4.79 Å². The number of amides is 1. The normalized spacial score (nSPS) is 25.9. The number of methoxy groups -OCH3 is 1. The number of esters is 2. The van der Waals surface area contributed by atoms with Crippen LogP contribution in [0.4, 0.5) is 0 Å². The molecule has 0 radical (unpaired) electrons. The van der Waals surface area contributed by atoms with Crippen molar-refractivity contribution in [3.63, 3.8) is 0 Å². The number of carbonyl (C=O) groups is 3. The molecule has 0 saturated carbocycles. The van der Waals surface area contributed by atoms with Crippen LogP contribution in [0.3, 0.4) is 0 Å². The summed E-state index contributed by atoms with van der Waals surface area (Å²) < 4.78 is 15.6. The van der Waals surface area contributed by atoms with Gasteiger partial charge < -0.3 is 14.2 Å². The smallest absolute Gasteiger partial charge is 0.331 e. The Morgan fingerprint density at radius 2 is 1.83 bits per heavy atom. The van der Waals surface area contributed by atoms with Crippen molar-refractivity contribution in [3.8, 4) is 0 Å². The zero-order valence-corrected chi connectivity index (χ0v) is 14.9. The summed E-state index contributed by atoms with van der Waals surface area (Å²) in [6.07, 6.45) is -1.16. The van der Waals surface area contributed by atoms with Crippen LogP contribution in [0.15, 0.2) is 0 Å². The minimum atomic E-state index is -1.01. The molecule has 0 aliphatic carbocycles. The first-order valence-corrected chi connectivity index (χ1v) is 7.78. The lowest BCUT2D eigenvalue weighted by molar-refractivity contribution is -0.164. The highest BCUT2D eigenvalue weighted by Gasteiger charge is 2.52. The number of rotatable bonds is 4. The van der Waals surface area contributed by atoms with E-state index in [0.717, 1.165) is 0 Å². The van der Waals surface area contributed by atoms with Crippen LogP contribution in [0.1, 0.15) is 41.5 Å². The molecule has 1 aliphatic rings. The van der Waals surface area contributed by atoms with Gasteiger partial charge in [0.1, 0.15) is 12.1 Å². The first-order chi connectivity index (χ1) is 10.6. The third-order valence-electron chi connectivity index (χ3n) is 3.79. The van der Waals surface area contributed by atoms with E-state index < -0.39 is 47.6 Å². The maximum Gasteiger partial charge on any atom is 0.331 e. The van der Waals surface area contributed by atoms with Gasteiger partial charge in [0, 0.05) is 5.41 Å². The molecule has 4 atom stereocenters. The Morgan fingerprint density at radius 1 is 1.26 bits per heavy atom. The van der Waals surface area contributed by atoms with Gasteiger partial charge in [-0.3, -0.25) is 14.5 Å². The molecule has 7 nitrogen and oxygen atoms in total. The minimum absolute atomic E-state index is 0.187. The molecule has 1 fully saturated rings. The van der Waals surface area contributed by atoms with Crippen LogP contribution in [0.5, 0.6) is 0 Å². The highest BCUT2D eigenvalue weighted by atomic mass is 16.6. The van der Waals surface area contributed by atoms with Crippen LogP contribution in [0.25, 0.3) is 0 Å². The van der Waals surface area contributed by atoms with Gasteiger partial charge in [0.2, 0.25) is 5.91 Å². The van der Waals surface area contributed by atoms with E-state index in [0.29, 0.717) is 0 Å². The monoisotopic (exact) mass is 329 g/mol. The molecule has 1 heterocycles. The summed E-state index contributed by atoms with van der Waals surface area (Å²) in [4.78, 5) is 38.2. The lowest BCUT2D eigenvalue weighted by atomic mass is 9.92. The molecule has 0 aromatic heterocycles. The SMILES string of the molecule is CCOC(=O)C(C)C(=O)N1[C@H](C(=O)OC)[C@@H](C)O[C@@H]1C(C)(C)C. The molecule has 0 aromatic carbocycles. The van der Waals surface area contributed by atoms with Crippen LogP contribution in [-0.2, 0) is 28.6 Å². The van der Waals surface area contributed by atoms with Crippen molar-refractivity contribution in [2.45, 2.75) is 59.9 Å². The first-order valence-electron chi connectivity index (χ1n) is 7.78. The Labute approximate surface area is 137 Å². The van der Waals surface area contributed by atoms with Crippen LogP contribution >= 0.6 is 0 Å². The highest BCUT2D eigenvalue weighted by molar-refractivity contribution is 5.99. The second kappa shape index (κ2) is 7.29. The van der Waals surface area contributed by atoms with Gasteiger partial charge in [0.05, 0.1) is 19.8 Å². The molecule has 132 valence electrons. The third-order valence-corrected chi connectivity index (χ3v) is 3.79. The quantitative estimate of drug-likeness (QED) is 0.572. The van der Waals surface area contributed by atoms with Crippen molar-refractivity contribution < 1.29 is 28.6 Å². The fourth-order valence-electron chi connectivity index (χ4n) is 2.61. The molecule has 0 aromatic rings. The molecule has 7 heteroatoms. The Balaban J connectivity index is 3.18. The number of hydrogen-bond acceptors (Lipinski definition) is 6. The van der Waals surface area contributed by atoms with E-state index in [4.69, 9.17) is 14.2 Å². The Kier molecular flexibility index (Phi) is 6.16. The maximum atomic E-state index is 12.8. The molecular weight excluding hydrogens is 302 g/mol. The number of carbonyl (C=O) groups excluding carboxylic acids is 3. The molecular formula is C16H27NO6. The van der Waals surface area contributed by atoms with Crippen molar-refractivity contribution in [3.05, 3.63) is 0 Å². The summed E-state index contributed by atoms with van der Waals surface area (Å²) in [6.45, 7) is 10.7. The summed E-state index contributed by atoms with van der Waals surface area (Å²) in [6, 6.07) is -0.881. The van der Waals surface area contributed by atoms with Gasteiger partial charge >= 0.3 is 11.9 Å². The van der Waals surface area contributed by atoms with Gasteiger partial charge in [-0.05, 0) is 20.8 Å². The second-order valence-corrected chi connectivity index (χ2v) is 6.75. The largest absolute Gasteiger partial charge is 0.467 e. The van der Waals surface area contributed by atoms with Crippen molar-refractivity contribution in [1.29, 1.82) is 0 Å². The van der Waals surface area contributed by atoms with E-state index in [2.05, 4.69) is 0 Å². The summed E-state index contributed by atoms with van der Waals surface area (Å²) in [5, 5.41) is 0. The van der Waals surface area contributed by atoms with Crippen LogP contribution in [0.2, 0.25) is 0 Å². The second-order valence-electron chi connectivity index (χ2n) is 6.75. The van der Waals surface area contributed by atoms with Gasteiger partial charge in [0.25, 0.3) is 0 Å². The van der Waals surface area contributed by atoms with Crippen molar-refractivity contribution in [2.75, 3.05) is 13.7 Å². The molecule has 1 unspecified atom stereocenters. The minimum Gasteiger partial charge on any atom is -0.467 e. The van der Waals surface area contributed by atoms with Crippen LogP contribution in [-0.4, -0.2) is 54.8 Å². The molecule has 1 amide bonds. The van der Waals surface area contributed by atoms with Crippen LogP contribution < -0.4 is 0 Å². The lowest BCUT2D eigenvalue weighted by Gasteiger charge is -2.36. The summed E-state index contributed by atoms with van der Waals surface area (Å²) in [7, 11) is 1.26. The van der Waals surface area contributed by atoms with E-state index in [1.165, 1.54) is 18.9 Å². The van der Waals surface area contributed by atoms with Crippen molar-refractivity contribution in [2.24, 2.45) is 11.3 Å². The average molecular weight is 329 g/mol. The predicted octanol–water partition coefficient (Wildman–Crippen LogP) is 1.35. The first kappa shape index (κ1) is 19.4. The predicted molar refractivity (Wildman–Crippen MR) is 82.2 cm³/mol. The van der Waals surface area contributed by atoms with Gasteiger partial charge in [0.15, 0.2) is 6.04 Å². The Bertz CT molecular complexity index is 470. The Hall–Kier alpha value is -1.63. The zero-order chi connectivity index (χ0) is 17.9. The Morgan fingerprint density at radius 3 is 2.26 bits per heavy atom. The maximum absolute atomic E-state index is 12.8. The summed E-state index contributed by atoms with van der Waals surface area (Å²) in [5.41, 5.74) is -0.429. The van der Waals surface area contributed by atoms with Gasteiger partial charge in [-0.2, -0.15) is 0 Å². The summed E-state index contributed by atoms with van der Waals surface area (Å²) in [5.74, 6) is -2.69. The molecule has 0 bridgehead atoms. The number of nitrogens with zero attached hydrogens (tertiary/aromatic N) is 1. The van der Waals surface area contributed by atoms with Gasteiger partial charge in [-0.1, -0.05) is 20.8 Å². The fourth-order valence-corrected chi connectivity index (χ4v) is 2.61. The van der Waals surface area contributed by atoms with E-state index in [9.17, 15) is 14.4 Å². The standard InChI is InChI=1S/C16H27NO6/c1-8-22-13(19)9(2)12(18)17-11(14(20)21-7)10(3)23-15(17)16(4,5)6/h9-11,15H,8H2,1-7H3/t9?,10-,11+,15-/m1/s1. The molecule has 1 aliphatic heterocycles. The fraction of sp³-hybridized carbons (Fsp3) is 0.812. The molecule has 23 heavy (non-hydrogen) atoms. The third kappa shape index (κ3) is 4.02. The molecule has 0 N–H and O–H groups in total. The zero-order valence-electron chi connectivity index (χ0n) is 14.9. The van der Waals surface area contributed by atoms with E-state index in [-0.39, 0.29) is 6.61 Å². The van der Waals surface area contributed by atoms with E-state index in [1.807, 2.05) is 20.8 Å². The van der Waals surface area contributed by atoms with Crippen molar-refractivity contribution >= 4 is 17.8 Å². The lowest BCUT2D eigenvalue weighted by Crippen LogP contribution is -2.53. The molecule has 1 rings (SSSR count). The van der Waals surface area contributed by atoms with Crippen molar-refractivity contribution in [1.82, 2.24) is 4.90 Å². The number of hydrogen-bond donors (Lipinski definition) is 0. The topological polar surface area (TPSA) is 82.1 Å². The van der Waals surface area contributed by atoms with Crippen LogP contribution in [0, 0.1) is 11.3 Å². The number of ether oxygens (including phenoxy) is 3. The summed E-state index contributed by atoms with van der Waals surface area (Å²) >= 11 is 0. The highest BCUT2D eigenvalue weighted by Crippen LogP contribution is 2.36.